The SMILES string of the molecule is Nc1ncc(Cl)c(Br)c1N. The highest BCUT2D eigenvalue weighted by molar-refractivity contribution is 9.10. The zero-order valence-electron chi connectivity index (χ0n) is 4.94. The van der Waals surface area contributed by atoms with Gasteiger partial charge in [-0.15, -0.1) is 0 Å². The van der Waals surface area contributed by atoms with E-state index in [1.54, 1.807) is 0 Å². The van der Waals surface area contributed by atoms with Crippen LogP contribution in [0.15, 0.2) is 10.7 Å². The fraction of sp³-hybridized carbons (Fsp3) is 0. The van der Waals surface area contributed by atoms with Crippen molar-refractivity contribution in [2.45, 2.75) is 0 Å². The molecule has 0 aliphatic rings. The van der Waals surface area contributed by atoms with Gasteiger partial charge < -0.3 is 11.5 Å². The zero-order valence-corrected chi connectivity index (χ0v) is 7.28. The monoisotopic (exact) mass is 221 g/mol. The molecule has 0 saturated heterocycles. The number of nitrogens with two attached hydrogens (primary N) is 2. The Morgan fingerprint density at radius 2 is 2.10 bits per heavy atom. The molecule has 0 bridgehead atoms. The topological polar surface area (TPSA) is 64.9 Å². The first kappa shape index (κ1) is 7.63. The quantitative estimate of drug-likeness (QED) is 0.702. The van der Waals surface area contributed by atoms with Crippen LogP contribution >= 0.6 is 27.5 Å². The van der Waals surface area contributed by atoms with Crippen LogP contribution in [-0.2, 0) is 0 Å². The molecule has 1 aromatic heterocycles. The first-order valence-corrected chi connectivity index (χ1v) is 3.65. The summed E-state index contributed by atoms with van der Waals surface area (Å²) >= 11 is 8.79. The van der Waals surface area contributed by atoms with E-state index < -0.39 is 0 Å². The third-order valence-electron chi connectivity index (χ3n) is 1.04. The van der Waals surface area contributed by atoms with Crippen LogP contribution in [0, 0.1) is 0 Å². The molecule has 0 radical (unpaired) electrons. The molecular formula is C5H5BrClN3. The van der Waals surface area contributed by atoms with E-state index in [1.165, 1.54) is 6.20 Å². The van der Waals surface area contributed by atoms with E-state index >= 15 is 0 Å². The van der Waals surface area contributed by atoms with Crippen molar-refractivity contribution >= 4 is 39.0 Å². The van der Waals surface area contributed by atoms with Crippen molar-refractivity contribution in [2.75, 3.05) is 11.5 Å². The van der Waals surface area contributed by atoms with Gasteiger partial charge in [0.05, 0.1) is 15.2 Å². The van der Waals surface area contributed by atoms with Crippen molar-refractivity contribution in [1.29, 1.82) is 0 Å². The lowest BCUT2D eigenvalue weighted by atomic mass is 10.4. The van der Waals surface area contributed by atoms with Gasteiger partial charge in [0.2, 0.25) is 0 Å². The highest BCUT2D eigenvalue weighted by Gasteiger charge is 2.04. The van der Waals surface area contributed by atoms with Gasteiger partial charge in [0.1, 0.15) is 5.82 Å². The van der Waals surface area contributed by atoms with Gasteiger partial charge in [-0.3, -0.25) is 0 Å². The second-order valence-electron chi connectivity index (χ2n) is 1.72. The maximum absolute atomic E-state index is 5.64. The van der Waals surface area contributed by atoms with Gasteiger partial charge in [-0.1, -0.05) is 11.6 Å². The Labute approximate surface area is 71.5 Å². The van der Waals surface area contributed by atoms with Crippen LogP contribution in [0.5, 0.6) is 0 Å². The highest BCUT2D eigenvalue weighted by Crippen LogP contribution is 2.30. The number of nitrogens with zero attached hydrogens (tertiary/aromatic N) is 1. The molecule has 54 valence electrons. The number of halogens is 2. The van der Waals surface area contributed by atoms with Crippen molar-refractivity contribution in [2.24, 2.45) is 0 Å². The van der Waals surface area contributed by atoms with Crippen LogP contribution < -0.4 is 11.5 Å². The average Bonchev–Trinajstić information content (AvgIpc) is 1.93. The largest absolute Gasteiger partial charge is 0.395 e. The summed E-state index contributed by atoms with van der Waals surface area (Å²) in [6.07, 6.45) is 1.44. The van der Waals surface area contributed by atoms with Crippen molar-refractivity contribution in [3.8, 4) is 0 Å². The standard InChI is InChI=1S/C5H5BrClN3/c6-3-2(7)1-10-5(9)4(3)8/h1H,8H2,(H2,9,10). The Kier molecular flexibility index (Phi) is 2.01. The zero-order chi connectivity index (χ0) is 7.72. The van der Waals surface area contributed by atoms with Crippen LogP contribution in [0.1, 0.15) is 0 Å². The van der Waals surface area contributed by atoms with Crippen molar-refractivity contribution in [3.63, 3.8) is 0 Å². The molecule has 1 rings (SSSR count). The van der Waals surface area contributed by atoms with E-state index in [4.69, 9.17) is 23.1 Å². The molecule has 4 N–H and O–H groups in total. The van der Waals surface area contributed by atoms with Crippen LogP contribution in [0.4, 0.5) is 11.5 Å². The summed E-state index contributed by atoms with van der Waals surface area (Å²) in [4.78, 5) is 3.73. The molecule has 1 heterocycles. The maximum Gasteiger partial charge on any atom is 0.147 e. The van der Waals surface area contributed by atoms with E-state index in [-0.39, 0.29) is 5.82 Å². The van der Waals surface area contributed by atoms with E-state index in [0.717, 1.165) is 0 Å². The van der Waals surface area contributed by atoms with Gasteiger partial charge in [0.25, 0.3) is 0 Å². The lowest BCUT2D eigenvalue weighted by molar-refractivity contribution is 1.33. The van der Waals surface area contributed by atoms with Gasteiger partial charge in [-0.25, -0.2) is 4.98 Å². The Hall–Kier alpha value is -0.480. The molecule has 0 amide bonds. The van der Waals surface area contributed by atoms with E-state index in [0.29, 0.717) is 15.2 Å². The molecule has 0 fully saturated rings. The molecule has 0 saturated carbocycles. The predicted octanol–water partition coefficient (Wildman–Crippen LogP) is 1.66. The number of nitrogen functional groups attached to an aromatic ring is 2. The van der Waals surface area contributed by atoms with Crippen molar-refractivity contribution < 1.29 is 0 Å². The molecule has 0 atom stereocenters. The highest BCUT2D eigenvalue weighted by atomic mass is 79.9. The smallest absolute Gasteiger partial charge is 0.147 e. The molecule has 1 aromatic rings. The summed E-state index contributed by atoms with van der Waals surface area (Å²) in [5.41, 5.74) is 11.2. The first-order valence-electron chi connectivity index (χ1n) is 2.48. The fourth-order valence-corrected chi connectivity index (χ4v) is 0.950. The second kappa shape index (κ2) is 2.64. The number of rotatable bonds is 0. The molecule has 0 aliphatic carbocycles. The minimum atomic E-state index is 0.288. The molecular weight excluding hydrogens is 217 g/mol. The van der Waals surface area contributed by atoms with Gasteiger partial charge in [0.15, 0.2) is 0 Å². The lowest BCUT2D eigenvalue weighted by Crippen LogP contribution is -1.98. The summed E-state index contributed by atoms with van der Waals surface area (Å²) in [6.45, 7) is 0. The molecule has 5 heteroatoms. The van der Waals surface area contributed by atoms with Gasteiger partial charge in [0, 0.05) is 6.20 Å². The normalized spacial score (nSPS) is 9.80. The Morgan fingerprint density at radius 1 is 1.50 bits per heavy atom. The third kappa shape index (κ3) is 1.17. The molecule has 0 spiro atoms. The summed E-state index contributed by atoms with van der Waals surface area (Å²) < 4.78 is 0.599. The summed E-state index contributed by atoms with van der Waals surface area (Å²) in [7, 11) is 0. The van der Waals surface area contributed by atoms with Crippen LogP contribution in [0.25, 0.3) is 0 Å². The number of pyridine rings is 1. The maximum atomic E-state index is 5.64. The number of hydrogen-bond donors (Lipinski definition) is 2. The summed E-state index contributed by atoms with van der Waals surface area (Å²) in [5, 5.41) is 0.465. The lowest BCUT2D eigenvalue weighted by Gasteiger charge is -2.01. The Morgan fingerprint density at radius 3 is 2.60 bits per heavy atom. The molecule has 0 aliphatic heterocycles. The number of anilines is 2. The van der Waals surface area contributed by atoms with Crippen LogP contribution in [0.3, 0.4) is 0 Å². The Balaban J connectivity index is 3.34. The van der Waals surface area contributed by atoms with Crippen molar-refractivity contribution in [3.05, 3.63) is 15.7 Å². The van der Waals surface area contributed by atoms with Gasteiger partial charge in [-0.05, 0) is 15.9 Å². The van der Waals surface area contributed by atoms with E-state index in [2.05, 4.69) is 20.9 Å². The third-order valence-corrected chi connectivity index (χ3v) is 2.41. The van der Waals surface area contributed by atoms with E-state index in [1.807, 2.05) is 0 Å². The summed E-state index contributed by atoms with van der Waals surface area (Å²) in [5.74, 6) is 0.288. The van der Waals surface area contributed by atoms with Crippen LogP contribution in [0.2, 0.25) is 5.02 Å². The fourth-order valence-electron chi connectivity index (χ4n) is 0.494. The minimum Gasteiger partial charge on any atom is -0.395 e. The Bertz CT molecular complexity index is 236. The number of hydrogen-bond acceptors (Lipinski definition) is 3. The summed E-state index contributed by atoms with van der Waals surface area (Å²) in [6, 6.07) is 0. The van der Waals surface area contributed by atoms with E-state index in [9.17, 15) is 0 Å². The van der Waals surface area contributed by atoms with Gasteiger partial charge in [-0.2, -0.15) is 0 Å². The molecule has 10 heavy (non-hydrogen) atoms. The second-order valence-corrected chi connectivity index (χ2v) is 2.92. The predicted molar refractivity (Wildman–Crippen MR) is 45.8 cm³/mol. The molecule has 0 aromatic carbocycles. The van der Waals surface area contributed by atoms with Crippen molar-refractivity contribution in [1.82, 2.24) is 4.98 Å². The minimum absolute atomic E-state index is 0.288. The van der Waals surface area contributed by atoms with Gasteiger partial charge >= 0.3 is 0 Å². The van der Waals surface area contributed by atoms with Crippen LogP contribution in [-0.4, -0.2) is 4.98 Å². The molecule has 3 nitrogen and oxygen atoms in total. The molecule has 0 unspecified atom stereocenters. The number of aromatic nitrogens is 1. The first-order chi connectivity index (χ1) is 4.63. The average molecular weight is 222 g/mol.